The van der Waals surface area contributed by atoms with Crippen LogP contribution in [0.3, 0.4) is 0 Å². The Bertz CT molecular complexity index is 2120. The van der Waals surface area contributed by atoms with Crippen molar-refractivity contribution in [3.63, 3.8) is 0 Å². The first-order valence-corrected chi connectivity index (χ1v) is 23.4. The van der Waals surface area contributed by atoms with Gasteiger partial charge in [0.25, 0.3) is 0 Å². The smallest absolute Gasteiger partial charge is 0.0212 e. The Hall–Kier alpha value is -3.12. The van der Waals surface area contributed by atoms with Crippen LogP contribution in [0, 0.1) is 0 Å². The van der Waals surface area contributed by atoms with Crippen molar-refractivity contribution in [3.8, 4) is 22.3 Å². The molecule has 0 heteroatoms. The summed E-state index contributed by atoms with van der Waals surface area (Å²) in [5.41, 5.74) is 26.5. The molecule has 0 aromatic heterocycles. The second kappa shape index (κ2) is 11.4. The predicted octanol–water partition coefficient (Wildman–Crippen LogP) is 16.0. The standard InChI is InChI=1S/C58H74/c1-51(2)17-21-55(9,10)45-29-37-33(25-41(45)51)34-26-42-46(56(11,12)22-18-52(42,3)4)30-38(34)49(37)50-39-31-47-43(53(5,6)19-23-57(47,13)14)27-35(39)36-28-44-48(32-40(36)50)58(15,16)24-20-54(44,7)8/h25-32,49-50H,17-24H2,1-16H3. The van der Waals surface area contributed by atoms with Crippen LogP contribution in [-0.4, -0.2) is 0 Å². The third kappa shape index (κ3) is 5.24. The highest BCUT2D eigenvalue weighted by molar-refractivity contribution is 5.88. The minimum atomic E-state index is 0.150. The maximum absolute atomic E-state index is 2.78. The molecule has 0 spiro atoms. The van der Waals surface area contributed by atoms with Gasteiger partial charge >= 0.3 is 0 Å². The van der Waals surface area contributed by atoms with E-state index in [1.54, 1.807) is 66.8 Å². The molecule has 0 fully saturated rings. The van der Waals surface area contributed by atoms with Crippen molar-refractivity contribution in [3.05, 3.63) is 115 Å². The number of rotatable bonds is 1. The van der Waals surface area contributed by atoms with Crippen molar-refractivity contribution in [1.29, 1.82) is 0 Å². The topological polar surface area (TPSA) is 0 Å². The Balaban J connectivity index is 1.33. The Morgan fingerprint density at radius 1 is 0.241 bits per heavy atom. The summed E-state index contributed by atoms with van der Waals surface area (Å²) in [6.07, 6.45) is 9.92. The van der Waals surface area contributed by atoms with Gasteiger partial charge in [0.05, 0.1) is 0 Å². The molecule has 0 radical (unpaired) electrons. The summed E-state index contributed by atoms with van der Waals surface area (Å²) < 4.78 is 0. The Labute approximate surface area is 353 Å². The van der Waals surface area contributed by atoms with Crippen molar-refractivity contribution < 1.29 is 0 Å². The fourth-order valence-electron chi connectivity index (χ4n) is 13.5. The molecule has 10 rings (SSSR count). The summed E-state index contributed by atoms with van der Waals surface area (Å²) in [5, 5.41) is 0. The monoisotopic (exact) mass is 771 g/mol. The number of hydrogen-bond donors (Lipinski definition) is 0. The molecular formula is C58H74. The van der Waals surface area contributed by atoms with Gasteiger partial charge in [-0.1, -0.05) is 159 Å². The summed E-state index contributed by atoms with van der Waals surface area (Å²) in [4.78, 5) is 0. The molecule has 0 unspecified atom stereocenters. The fraction of sp³-hybridized carbons (Fsp3) is 0.586. The van der Waals surface area contributed by atoms with Gasteiger partial charge in [-0.05, 0) is 184 Å². The first-order chi connectivity index (χ1) is 26.7. The molecular weight excluding hydrogens is 697 g/mol. The quantitative estimate of drug-likeness (QED) is 0.181. The second-order valence-electron chi connectivity index (χ2n) is 26.0. The van der Waals surface area contributed by atoms with Gasteiger partial charge in [-0.15, -0.1) is 0 Å². The first-order valence-electron chi connectivity index (χ1n) is 23.4. The van der Waals surface area contributed by atoms with Crippen LogP contribution in [0.5, 0.6) is 0 Å². The van der Waals surface area contributed by atoms with Crippen molar-refractivity contribution in [2.75, 3.05) is 0 Å². The average Bonchev–Trinajstić information content (AvgIpc) is 3.61. The molecule has 4 aromatic rings. The van der Waals surface area contributed by atoms with Crippen LogP contribution in [0.25, 0.3) is 22.3 Å². The summed E-state index contributed by atoms with van der Waals surface area (Å²) >= 11 is 0. The molecule has 0 N–H and O–H groups in total. The molecule has 6 aliphatic carbocycles. The second-order valence-corrected chi connectivity index (χ2v) is 26.0. The lowest BCUT2D eigenvalue weighted by Crippen LogP contribution is -2.34. The highest BCUT2D eigenvalue weighted by atomic mass is 14.5. The normalized spacial score (nSPS) is 25.3. The maximum atomic E-state index is 2.78. The lowest BCUT2D eigenvalue weighted by Gasteiger charge is -2.43. The van der Waals surface area contributed by atoms with E-state index >= 15 is 0 Å². The van der Waals surface area contributed by atoms with E-state index in [0.29, 0.717) is 0 Å². The third-order valence-corrected chi connectivity index (χ3v) is 18.3. The molecule has 0 heterocycles. The van der Waals surface area contributed by atoms with Crippen LogP contribution in [0.15, 0.2) is 48.5 Å². The number of fused-ring (bicyclic) bond motifs is 10. The van der Waals surface area contributed by atoms with Crippen molar-refractivity contribution >= 4 is 0 Å². The SMILES string of the molecule is CC1(C)CCC(C)(C)c2cc3c(cc21)-c1cc2c(cc1C3C1c3cc4c(cc3-c3cc5c(cc31)C(C)(C)CCC5(C)C)C(C)(C)CCC4(C)C)C(C)(C)CCC2(C)C. The molecule has 0 saturated heterocycles. The van der Waals surface area contributed by atoms with E-state index in [0.717, 1.165) is 0 Å². The average molecular weight is 771 g/mol. The fourth-order valence-corrected chi connectivity index (χ4v) is 13.5. The molecule has 0 saturated carbocycles. The molecule has 0 nitrogen and oxygen atoms in total. The number of hydrogen-bond acceptors (Lipinski definition) is 0. The van der Waals surface area contributed by atoms with Crippen molar-refractivity contribution in [1.82, 2.24) is 0 Å². The summed E-state index contributed by atoms with van der Waals surface area (Å²) in [6.45, 7) is 40.4. The first kappa shape index (κ1) is 39.0. The van der Waals surface area contributed by atoms with Crippen molar-refractivity contribution in [2.45, 2.75) is 217 Å². The zero-order valence-electron chi connectivity index (χ0n) is 39.4. The van der Waals surface area contributed by atoms with Gasteiger partial charge in [0.15, 0.2) is 0 Å². The molecule has 4 aromatic carbocycles. The van der Waals surface area contributed by atoms with E-state index in [4.69, 9.17) is 0 Å². The van der Waals surface area contributed by atoms with Gasteiger partial charge < -0.3 is 0 Å². The molecule has 6 aliphatic rings. The minimum Gasteiger partial charge on any atom is -0.0558 e. The predicted molar refractivity (Wildman–Crippen MR) is 249 cm³/mol. The molecule has 0 aliphatic heterocycles. The largest absolute Gasteiger partial charge is 0.0558 e. The molecule has 0 amide bonds. The van der Waals surface area contributed by atoms with Crippen LogP contribution >= 0.6 is 0 Å². The van der Waals surface area contributed by atoms with Gasteiger partial charge in [-0.25, -0.2) is 0 Å². The van der Waals surface area contributed by atoms with Gasteiger partial charge in [0, 0.05) is 11.8 Å². The van der Waals surface area contributed by atoms with Gasteiger partial charge in [0.1, 0.15) is 0 Å². The number of benzene rings is 4. The van der Waals surface area contributed by atoms with Crippen LogP contribution in [0.4, 0.5) is 0 Å². The lowest BCUT2D eigenvalue weighted by molar-refractivity contribution is 0.331. The van der Waals surface area contributed by atoms with Gasteiger partial charge in [-0.3, -0.25) is 0 Å². The highest BCUT2D eigenvalue weighted by Gasteiger charge is 2.50. The van der Waals surface area contributed by atoms with E-state index in [-0.39, 0.29) is 55.2 Å². The van der Waals surface area contributed by atoms with Crippen molar-refractivity contribution in [2.24, 2.45) is 0 Å². The zero-order valence-corrected chi connectivity index (χ0v) is 39.4. The molecule has 0 atom stereocenters. The molecule has 306 valence electrons. The molecule has 0 bridgehead atoms. The Morgan fingerprint density at radius 2 is 0.379 bits per heavy atom. The van der Waals surface area contributed by atoms with Crippen LogP contribution in [0.1, 0.15) is 241 Å². The van der Waals surface area contributed by atoms with E-state index in [1.807, 2.05) is 0 Å². The van der Waals surface area contributed by atoms with E-state index in [1.165, 1.54) is 73.6 Å². The third-order valence-electron chi connectivity index (χ3n) is 18.3. The van der Waals surface area contributed by atoms with E-state index in [2.05, 4.69) is 159 Å². The Kier molecular flexibility index (Phi) is 7.68. The van der Waals surface area contributed by atoms with Gasteiger partial charge in [0.2, 0.25) is 0 Å². The van der Waals surface area contributed by atoms with Gasteiger partial charge in [-0.2, -0.15) is 0 Å². The highest BCUT2D eigenvalue weighted by Crippen LogP contribution is 2.64. The summed E-state index contributed by atoms with van der Waals surface area (Å²) in [5.74, 6) is 0.524. The minimum absolute atomic E-state index is 0.150. The lowest BCUT2D eigenvalue weighted by atomic mass is 9.61. The van der Waals surface area contributed by atoms with E-state index in [9.17, 15) is 0 Å². The van der Waals surface area contributed by atoms with Crippen LogP contribution in [0.2, 0.25) is 0 Å². The van der Waals surface area contributed by atoms with E-state index < -0.39 is 0 Å². The zero-order chi connectivity index (χ0) is 41.7. The maximum Gasteiger partial charge on any atom is 0.0212 e. The van der Waals surface area contributed by atoms with Crippen LogP contribution in [-0.2, 0) is 43.3 Å². The Morgan fingerprint density at radius 3 is 0.534 bits per heavy atom. The summed E-state index contributed by atoms with van der Waals surface area (Å²) in [6, 6.07) is 22.0. The molecule has 58 heavy (non-hydrogen) atoms. The van der Waals surface area contributed by atoms with Crippen LogP contribution < -0.4 is 0 Å². The summed E-state index contributed by atoms with van der Waals surface area (Å²) in [7, 11) is 0.